The van der Waals surface area contributed by atoms with Gasteiger partial charge in [-0.05, 0) is 23.3 Å². The molecule has 0 amide bonds. The van der Waals surface area contributed by atoms with Crippen LogP contribution in [0.1, 0.15) is 22.9 Å². The van der Waals surface area contributed by atoms with Crippen LogP contribution in [0.5, 0.6) is 0 Å². The van der Waals surface area contributed by atoms with Gasteiger partial charge in [0.25, 0.3) is 0 Å². The van der Waals surface area contributed by atoms with Crippen molar-refractivity contribution in [3.8, 4) is 0 Å². The second-order valence-electron chi connectivity index (χ2n) is 4.75. The highest BCUT2D eigenvalue weighted by Gasteiger charge is 2.16. The average Bonchev–Trinajstić information content (AvgIpc) is 3.07. The molecule has 0 aliphatic carbocycles. The SMILES string of the molecule is c1ccc(CONC(c2ccccc2)c2ccco2)cc1. The van der Waals surface area contributed by atoms with Gasteiger partial charge in [0, 0.05) is 0 Å². The van der Waals surface area contributed by atoms with E-state index in [9.17, 15) is 0 Å². The molecule has 3 nitrogen and oxygen atoms in total. The van der Waals surface area contributed by atoms with Crippen molar-refractivity contribution in [3.63, 3.8) is 0 Å². The van der Waals surface area contributed by atoms with E-state index in [1.807, 2.05) is 72.8 Å². The number of benzene rings is 2. The molecule has 0 spiro atoms. The second kappa shape index (κ2) is 6.88. The minimum absolute atomic E-state index is 0.120. The predicted octanol–water partition coefficient (Wildman–Crippen LogP) is 4.09. The van der Waals surface area contributed by atoms with Crippen molar-refractivity contribution in [2.45, 2.75) is 12.6 Å². The maximum Gasteiger partial charge on any atom is 0.127 e. The molecule has 0 aliphatic rings. The number of hydrogen-bond donors (Lipinski definition) is 1. The highest BCUT2D eigenvalue weighted by Crippen LogP contribution is 2.22. The lowest BCUT2D eigenvalue weighted by atomic mass is 10.1. The lowest BCUT2D eigenvalue weighted by Gasteiger charge is -2.17. The summed E-state index contributed by atoms with van der Waals surface area (Å²) in [7, 11) is 0. The van der Waals surface area contributed by atoms with Crippen LogP contribution in [0.25, 0.3) is 0 Å². The molecule has 0 saturated carbocycles. The molecule has 3 heteroatoms. The van der Waals surface area contributed by atoms with Gasteiger partial charge in [0.05, 0.1) is 12.9 Å². The molecule has 106 valence electrons. The summed E-state index contributed by atoms with van der Waals surface area (Å²) in [4.78, 5) is 5.65. The monoisotopic (exact) mass is 279 g/mol. The third-order valence-electron chi connectivity index (χ3n) is 3.24. The molecular formula is C18H17NO2. The van der Waals surface area contributed by atoms with Crippen molar-refractivity contribution in [3.05, 3.63) is 95.9 Å². The standard InChI is InChI=1S/C18H17NO2/c1-3-8-15(9-4-1)14-21-19-18(17-12-7-13-20-17)16-10-5-2-6-11-16/h1-13,18-19H,14H2. The second-order valence-corrected chi connectivity index (χ2v) is 4.75. The van der Waals surface area contributed by atoms with E-state index >= 15 is 0 Å². The first-order valence-electron chi connectivity index (χ1n) is 6.93. The first kappa shape index (κ1) is 13.6. The van der Waals surface area contributed by atoms with Gasteiger partial charge in [0.2, 0.25) is 0 Å². The summed E-state index contributed by atoms with van der Waals surface area (Å²) in [6.07, 6.45) is 1.67. The third kappa shape index (κ3) is 3.60. The Balaban J connectivity index is 1.69. The van der Waals surface area contributed by atoms with Crippen LogP contribution in [0.4, 0.5) is 0 Å². The van der Waals surface area contributed by atoms with E-state index < -0.39 is 0 Å². The molecule has 1 unspecified atom stereocenters. The van der Waals surface area contributed by atoms with Gasteiger partial charge in [-0.3, -0.25) is 4.84 Å². The maximum atomic E-state index is 5.65. The summed E-state index contributed by atoms with van der Waals surface area (Å²) in [5.74, 6) is 0.828. The molecule has 0 radical (unpaired) electrons. The van der Waals surface area contributed by atoms with Crippen LogP contribution in [0, 0.1) is 0 Å². The minimum atomic E-state index is -0.120. The molecule has 0 fully saturated rings. The van der Waals surface area contributed by atoms with Crippen molar-refractivity contribution in [1.29, 1.82) is 0 Å². The predicted molar refractivity (Wildman–Crippen MR) is 81.4 cm³/mol. The molecule has 3 rings (SSSR count). The van der Waals surface area contributed by atoms with Crippen molar-refractivity contribution in [1.82, 2.24) is 5.48 Å². The fraction of sp³-hybridized carbons (Fsp3) is 0.111. The highest BCUT2D eigenvalue weighted by molar-refractivity contribution is 5.25. The van der Waals surface area contributed by atoms with E-state index in [2.05, 4.69) is 5.48 Å². The van der Waals surface area contributed by atoms with Crippen LogP contribution in [-0.4, -0.2) is 0 Å². The van der Waals surface area contributed by atoms with Gasteiger partial charge in [-0.25, -0.2) is 0 Å². The first-order chi connectivity index (χ1) is 10.4. The Morgan fingerprint density at radius 2 is 1.57 bits per heavy atom. The molecule has 1 N–H and O–H groups in total. The van der Waals surface area contributed by atoms with Crippen LogP contribution in [0.3, 0.4) is 0 Å². The molecule has 1 atom stereocenters. The molecule has 21 heavy (non-hydrogen) atoms. The van der Waals surface area contributed by atoms with E-state index in [4.69, 9.17) is 9.25 Å². The molecule has 0 aliphatic heterocycles. The van der Waals surface area contributed by atoms with Gasteiger partial charge >= 0.3 is 0 Å². The molecule has 2 aromatic carbocycles. The van der Waals surface area contributed by atoms with E-state index in [1.165, 1.54) is 0 Å². The van der Waals surface area contributed by atoms with E-state index in [0.29, 0.717) is 6.61 Å². The van der Waals surface area contributed by atoms with Crippen LogP contribution in [-0.2, 0) is 11.4 Å². The smallest absolute Gasteiger partial charge is 0.127 e. The maximum absolute atomic E-state index is 5.65. The van der Waals surface area contributed by atoms with Crippen LogP contribution < -0.4 is 5.48 Å². The summed E-state index contributed by atoms with van der Waals surface area (Å²) < 4.78 is 5.51. The number of furan rings is 1. The quantitative estimate of drug-likeness (QED) is 0.690. The van der Waals surface area contributed by atoms with Crippen LogP contribution >= 0.6 is 0 Å². The fourth-order valence-corrected chi connectivity index (χ4v) is 2.17. The topological polar surface area (TPSA) is 34.4 Å². The summed E-state index contributed by atoms with van der Waals surface area (Å²) in [6.45, 7) is 0.505. The third-order valence-corrected chi connectivity index (χ3v) is 3.24. The van der Waals surface area contributed by atoms with Crippen LogP contribution in [0.2, 0.25) is 0 Å². The Hall–Kier alpha value is -2.36. The lowest BCUT2D eigenvalue weighted by Crippen LogP contribution is -2.22. The normalized spacial score (nSPS) is 12.2. The molecule has 1 aromatic heterocycles. The van der Waals surface area contributed by atoms with Gasteiger partial charge < -0.3 is 4.42 Å². The Kier molecular flexibility index (Phi) is 4.46. The van der Waals surface area contributed by atoms with Gasteiger partial charge in [-0.1, -0.05) is 60.7 Å². The fourth-order valence-electron chi connectivity index (χ4n) is 2.17. The van der Waals surface area contributed by atoms with Gasteiger partial charge in [-0.2, -0.15) is 5.48 Å². The average molecular weight is 279 g/mol. The molecule has 0 bridgehead atoms. The van der Waals surface area contributed by atoms with E-state index in [0.717, 1.165) is 16.9 Å². The van der Waals surface area contributed by atoms with Crippen molar-refractivity contribution in [2.24, 2.45) is 0 Å². The van der Waals surface area contributed by atoms with E-state index in [-0.39, 0.29) is 6.04 Å². The minimum Gasteiger partial charge on any atom is -0.467 e. The largest absolute Gasteiger partial charge is 0.467 e. The van der Waals surface area contributed by atoms with Gasteiger partial charge in [-0.15, -0.1) is 0 Å². The summed E-state index contributed by atoms with van der Waals surface area (Å²) in [5, 5.41) is 0. The Bertz CT molecular complexity index is 636. The Morgan fingerprint density at radius 1 is 0.857 bits per heavy atom. The Morgan fingerprint density at radius 3 is 2.24 bits per heavy atom. The van der Waals surface area contributed by atoms with Crippen LogP contribution in [0.15, 0.2) is 83.5 Å². The first-order valence-corrected chi connectivity index (χ1v) is 6.93. The van der Waals surface area contributed by atoms with Crippen molar-refractivity contribution in [2.75, 3.05) is 0 Å². The van der Waals surface area contributed by atoms with Crippen molar-refractivity contribution >= 4 is 0 Å². The van der Waals surface area contributed by atoms with Gasteiger partial charge in [0.1, 0.15) is 11.8 Å². The summed E-state index contributed by atoms with van der Waals surface area (Å²) in [6, 6.07) is 23.9. The van der Waals surface area contributed by atoms with Gasteiger partial charge in [0.15, 0.2) is 0 Å². The molecule has 0 saturated heterocycles. The zero-order valence-corrected chi connectivity index (χ0v) is 11.6. The highest BCUT2D eigenvalue weighted by atomic mass is 16.6. The number of hydrogen-bond acceptors (Lipinski definition) is 3. The number of hydroxylamine groups is 1. The number of nitrogens with one attached hydrogen (secondary N) is 1. The zero-order valence-electron chi connectivity index (χ0n) is 11.6. The summed E-state index contributed by atoms with van der Waals surface area (Å²) >= 11 is 0. The lowest BCUT2D eigenvalue weighted by molar-refractivity contribution is 0.00745. The van der Waals surface area contributed by atoms with E-state index in [1.54, 1.807) is 6.26 Å². The number of rotatable bonds is 6. The zero-order chi connectivity index (χ0) is 14.3. The Labute approximate surface area is 124 Å². The molecule has 1 heterocycles. The molecule has 3 aromatic rings. The van der Waals surface area contributed by atoms with Crippen molar-refractivity contribution < 1.29 is 9.25 Å². The summed E-state index contributed by atoms with van der Waals surface area (Å²) in [5.41, 5.74) is 5.31. The molecular weight excluding hydrogens is 262 g/mol.